The van der Waals surface area contributed by atoms with Crippen molar-refractivity contribution in [2.75, 3.05) is 7.11 Å². The molecule has 0 aliphatic heterocycles. The molecule has 0 spiro atoms. The maximum absolute atomic E-state index is 11.0. The van der Waals surface area contributed by atoms with E-state index in [1.54, 1.807) is 18.2 Å². The number of allylic oxidation sites excluding steroid dienone is 4. The second kappa shape index (κ2) is 6.43. The van der Waals surface area contributed by atoms with E-state index in [0.717, 1.165) is 4.48 Å². The molecule has 0 aromatic carbocycles. The van der Waals surface area contributed by atoms with Crippen molar-refractivity contribution >= 4 is 21.9 Å². The minimum atomic E-state index is -0.407. The van der Waals surface area contributed by atoms with Crippen LogP contribution < -0.4 is 0 Å². The summed E-state index contributed by atoms with van der Waals surface area (Å²) in [5, 5.41) is 0. The normalized spacial score (nSPS) is 12.2. The Labute approximate surface area is 86.4 Å². The first kappa shape index (κ1) is 11.9. The van der Waals surface area contributed by atoms with Gasteiger partial charge in [-0.05, 0) is 12.2 Å². The van der Waals surface area contributed by atoms with Gasteiger partial charge < -0.3 is 4.74 Å². The molecule has 2 nitrogen and oxygen atoms in total. The van der Waals surface area contributed by atoms with Gasteiger partial charge in [0, 0.05) is 4.48 Å². The number of methoxy groups -OCH3 is 1. The molecular weight excluding hydrogens is 232 g/mol. The molecule has 0 amide bonds. The summed E-state index contributed by atoms with van der Waals surface area (Å²) in [6.07, 6.45) is 6.35. The third kappa shape index (κ3) is 4.48. The van der Waals surface area contributed by atoms with Crippen LogP contribution in [0.5, 0.6) is 0 Å². The highest BCUT2D eigenvalue weighted by Crippen LogP contribution is 2.07. The lowest BCUT2D eigenvalue weighted by molar-refractivity contribution is -0.135. The van der Waals surface area contributed by atoms with Crippen LogP contribution >= 0.6 is 15.9 Å². The molecule has 0 fully saturated rings. The van der Waals surface area contributed by atoms with Crippen LogP contribution in [0.4, 0.5) is 0 Å². The largest absolute Gasteiger partial charge is 0.465 e. The highest BCUT2D eigenvalue weighted by molar-refractivity contribution is 9.11. The van der Waals surface area contributed by atoms with Gasteiger partial charge in [-0.1, -0.05) is 41.2 Å². The van der Waals surface area contributed by atoms with Crippen molar-refractivity contribution in [3.8, 4) is 0 Å². The zero-order valence-electron chi connectivity index (χ0n) is 7.42. The van der Waals surface area contributed by atoms with Crippen molar-refractivity contribution in [1.82, 2.24) is 0 Å². The van der Waals surface area contributed by atoms with Crippen LogP contribution in [-0.2, 0) is 9.53 Å². The summed E-state index contributed by atoms with van der Waals surface area (Å²) >= 11 is 3.22. The molecule has 70 valence electrons. The van der Waals surface area contributed by atoms with Crippen LogP contribution in [0, 0.1) is 0 Å². The van der Waals surface area contributed by atoms with Gasteiger partial charge in [-0.3, -0.25) is 0 Å². The van der Waals surface area contributed by atoms with Crippen molar-refractivity contribution in [2.45, 2.75) is 0 Å². The molecule has 0 unspecified atom stereocenters. The van der Waals surface area contributed by atoms with Gasteiger partial charge in [0.2, 0.25) is 0 Å². The topological polar surface area (TPSA) is 26.3 Å². The Hall–Kier alpha value is -1.09. The van der Waals surface area contributed by atoms with E-state index < -0.39 is 5.97 Å². The highest BCUT2D eigenvalue weighted by atomic mass is 79.9. The van der Waals surface area contributed by atoms with E-state index in [-0.39, 0.29) is 0 Å². The fourth-order valence-electron chi connectivity index (χ4n) is 0.575. The Morgan fingerprint density at radius 1 is 1.31 bits per heavy atom. The Morgan fingerprint density at radius 2 is 1.92 bits per heavy atom. The molecule has 0 saturated heterocycles. The average Bonchev–Trinajstić information content (AvgIpc) is 2.17. The van der Waals surface area contributed by atoms with Gasteiger partial charge in [0.25, 0.3) is 0 Å². The number of carbonyl (C=O) groups excluding carboxylic acids is 1. The Balaban J connectivity index is 4.67. The molecule has 0 aliphatic carbocycles. The van der Waals surface area contributed by atoms with Crippen LogP contribution in [-0.4, -0.2) is 13.1 Å². The third-order valence-corrected chi connectivity index (χ3v) is 1.85. The van der Waals surface area contributed by atoms with Gasteiger partial charge >= 0.3 is 5.97 Å². The predicted molar refractivity (Wildman–Crippen MR) is 57.5 cm³/mol. The van der Waals surface area contributed by atoms with Crippen molar-refractivity contribution in [1.29, 1.82) is 0 Å². The first-order chi connectivity index (χ1) is 6.15. The second-order valence-corrected chi connectivity index (χ2v) is 2.99. The summed E-state index contributed by atoms with van der Waals surface area (Å²) in [5.74, 6) is -0.407. The van der Waals surface area contributed by atoms with E-state index in [2.05, 4.69) is 33.8 Å². The molecule has 0 N–H and O–H groups in total. The molecular formula is C10H11BrO2. The van der Waals surface area contributed by atoms with Gasteiger partial charge in [-0.25, -0.2) is 4.79 Å². The molecule has 0 heterocycles. The first-order valence-electron chi connectivity index (χ1n) is 3.56. The van der Waals surface area contributed by atoms with E-state index in [1.165, 1.54) is 13.2 Å². The van der Waals surface area contributed by atoms with Gasteiger partial charge in [0.05, 0.1) is 12.7 Å². The lowest BCUT2D eigenvalue weighted by atomic mass is 10.2. The number of halogens is 1. The van der Waals surface area contributed by atoms with Crippen molar-refractivity contribution in [3.63, 3.8) is 0 Å². The quantitative estimate of drug-likeness (QED) is 0.431. The molecule has 0 aromatic rings. The maximum atomic E-state index is 11.0. The zero-order valence-corrected chi connectivity index (χ0v) is 9.00. The number of carbonyl (C=O) groups is 1. The molecule has 0 radical (unpaired) electrons. The van der Waals surface area contributed by atoms with Crippen LogP contribution in [0.2, 0.25) is 0 Å². The summed E-state index contributed by atoms with van der Waals surface area (Å²) in [7, 11) is 1.33. The smallest absolute Gasteiger partial charge is 0.337 e. The summed E-state index contributed by atoms with van der Waals surface area (Å²) < 4.78 is 5.31. The van der Waals surface area contributed by atoms with Gasteiger partial charge in [0.1, 0.15) is 0 Å². The summed E-state index contributed by atoms with van der Waals surface area (Å²) in [6, 6.07) is 0. The van der Waals surface area contributed by atoms with E-state index >= 15 is 0 Å². The minimum Gasteiger partial charge on any atom is -0.465 e. The van der Waals surface area contributed by atoms with Gasteiger partial charge in [-0.2, -0.15) is 0 Å². The van der Waals surface area contributed by atoms with Gasteiger partial charge in [0.15, 0.2) is 0 Å². The van der Waals surface area contributed by atoms with Crippen LogP contribution in [0.25, 0.3) is 0 Å². The number of rotatable bonds is 4. The fraction of sp³-hybridized carbons (Fsp3) is 0.100. The first-order valence-corrected chi connectivity index (χ1v) is 4.35. The highest BCUT2D eigenvalue weighted by Gasteiger charge is 2.02. The second-order valence-electron chi connectivity index (χ2n) is 2.07. The Morgan fingerprint density at radius 3 is 2.31 bits per heavy atom. The number of ether oxygens (including phenoxy) is 1. The molecule has 0 aliphatic rings. The molecule has 0 atom stereocenters. The van der Waals surface area contributed by atoms with Crippen molar-refractivity contribution in [3.05, 3.63) is 47.5 Å². The minimum absolute atomic E-state index is 0.404. The molecule has 3 heteroatoms. The number of hydrogen-bond donors (Lipinski definition) is 0. The Bertz CT molecular complexity index is 275. The Kier molecular flexibility index (Phi) is 5.89. The summed E-state index contributed by atoms with van der Waals surface area (Å²) in [6.45, 7) is 7.04. The summed E-state index contributed by atoms with van der Waals surface area (Å²) in [4.78, 5) is 11.0. The van der Waals surface area contributed by atoms with Crippen molar-refractivity contribution in [2.24, 2.45) is 0 Å². The van der Waals surface area contributed by atoms with Gasteiger partial charge in [-0.15, -0.1) is 0 Å². The van der Waals surface area contributed by atoms with E-state index in [9.17, 15) is 4.79 Å². The average molecular weight is 243 g/mol. The standard InChI is InChI=1S/C10H11BrO2/c1-4-8(10(12)13-3)6-7-9(11)5-2/h4-7H,1-2H2,3H3/b8-6+,9-7+. The van der Waals surface area contributed by atoms with Crippen LogP contribution in [0.3, 0.4) is 0 Å². The van der Waals surface area contributed by atoms with Crippen LogP contribution in [0.15, 0.2) is 47.5 Å². The lowest BCUT2D eigenvalue weighted by Crippen LogP contribution is -2.01. The molecule has 0 aromatic heterocycles. The van der Waals surface area contributed by atoms with E-state index in [4.69, 9.17) is 0 Å². The predicted octanol–water partition coefficient (Wildman–Crippen LogP) is 2.74. The summed E-state index contributed by atoms with van der Waals surface area (Å²) in [5.41, 5.74) is 0.404. The molecule has 0 rings (SSSR count). The van der Waals surface area contributed by atoms with E-state index in [0.29, 0.717) is 5.57 Å². The number of esters is 1. The number of hydrogen-bond acceptors (Lipinski definition) is 2. The lowest BCUT2D eigenvalue weighted by Gasteiger charge is -1.96. The van der Waals surface area contributed by atoms with Crippen molar-refractivity contribution < 1.29 is 9.53 Å². The zero-order chi connectivity index (χ0) is 10.3. The van der Waals surface area contributed by atoms with Crippen LogP contribution in [0.1, 0.15) is 0 Å². The molecule has 0 saturated carbocycles. The monoisotopic (exact) mass is 242 g/mol. The fourth-order valence-corrected chi connectivity index (χ4v) is 0.707. The van der Waals surface area contributed by atoms with E-state index in [1.807, 2.05) is 0 Å². The maximum Gasteiger partial charge on any atom is 0.337 e. The third-order valence-electron chi connectivity index (χ3n) is 1.26. The molecule has 0 bridgehead atoms. The SMILES string of the molecule is C=C/C(Br)=C\C=C(/C=C)C(=O)OC. The molecule has 13 heavy (non-hydrogen) atoms.